The largest absolute Gasteiger partial charge is 0.472 e. The minimum Gasteiger partial charge on any atom is -0.472 e. The number of rotatable bonds is 5. The molecule has 1 N–H and O–H groups in total. The van der Waals surface area contributed by atoms with Crippen LogP contribution in [0.25, 0.3) is 0 Å². The van der Waals surface area contributed by atoms with E-state index in [1.54, 1.807) is 6.07 Å². The van der Waals surface area contributed by atoms with Crippen LogP contribution in [0.1, 0.15) is 17.3 Å². The van der Waals surface area contributed by atoms with E-state index < -0.39 is 0 Å². The van der Waals surface area contributed by atoms with Crippen molar-refractivity contribution in [3.63, 3.8) is 0 Å². The predicted octanol–water partition coefficient (Wildman–Crippen LogP) is 0.978. The predicted molar refractivity (Wildman–Crippen MR) is 67.5 cm³/mol. The lowest BCUT2D eigenvalue weighted by Crippen LogP contribution is -2.41. The lowest BCUT2D eigenvalue weighted by Gasteiger charge is -2.29. The van der Waals surface area contributed by atoms with Crippen molar-refractivity contribution in [3.05, 3.63) is 24.2 Å². The summed E-state index contributed by atoms with van der Waals surface area (Å²) in [6.45, 7) is 7.42. The number of hydrogen-bond donors (Lipinski definition) is 1. The molecule has 0 saturated carbocycles. The molecule has 1 aromatic rings. The standard InChI is InChI=1S/C13H20N2O3/c1-11(9-15-3-6-17-7-4-15)8-14-13(16)12-2-5-18-10-12/h2,5,10-11H,3-4,6-9H2,1H3,(H,14,16). The van der Waals surface area contributed by atoms with E-state index in [9.17, 15) is 4.79 Å². The molecule has 2 rings (SSSR count). The fourth-order valence-electron chi connectivity index (χ4n) is 2.05. The second kappa shape index (κ2) is 6.56. The quantitative estimate of drug-likeness (QED) is 0.848. The topological polar surface area (TPSA) is 54.7 Å². The fraction of sp³-hybridized carbons (Fsp3) is 0.615. The van der Waals surface area contributed by atoms with E-state index in [1.165, 1.54) is 12.5 Å². The van der Waals surface area contributed by atoms with Crippen molar-refractivity contribution in [3.8, 4) is 0 Å². The van der Waals surface area contributed by atoms with Crippen molar-refractivity contribution in [1.29, 1.82) is 0 Å². The summed E-state index contributed by atoms with van der Waals surface area (Å²) in [7, 11) is 0. The average Bonchev–Trinajstić information content (AvgIpc) is 2.91. The third kappa shape index (κ3) is 3.85. The minimum atomic E-state index is -0.0717. The van der Waals surface area contributed by atoms with Crippen molar-refractivity contribution in [2.24, 2.45) is 5.92 Å². The molecule has 1 saturated heterocycles. The normalized spacial score (nSPS) is 18.5. The van der Waals surface area contributed by atoms with E-state index in [4.69, 9.17) is 9.15 Å². The van der Waals surface area contributed by atoms with Crippen molar-refractivity contribution in [1.82, 2.24) is 10.2 Å². The van der Waals surface area contributed by atoms with Gasteiger partial charge in [0.05, 0.1) is 25.0 Å². The van der Waals surface area contributed by atoms with E-state index in [1.807, 2.05) is 0 Å². The molecule has 5 heteroatoms. The van der Waals surface area contributed by atoms with E-state index >= 15 is 0 Å². The first-order valence-electron chi connectivity index (χ1n) is 6.36. The summed E-state index contributed by atoms with van der Waals surface area (Å²) in [5, 5.41) is 2.92. The summed E-state index contributed by atoms with van der Waals surface area (Å²) in [6, 6.07) is 1.67. The first-order chi connectivity index (χ1) is 8.75. The molecule has 1 aromatic heterocycles. The Morgan fingerprint density at radius 3 is 2.94 bits per heavy atom. The van der Waals surface area contributed by atoms with Crippen LogP contribution in [0, 0.1) is 5.92 Å². The Labute approximate surface area is 107 Å². The number of furan rings is 1. The van der Waals surface area contributed by atoms with Crippen molar-refractivity contribution >= 4 is 5.91 Å². The Hall–Kier alpha value is -1.33. The number of amides is 1. The molecule has 1 fully saturated rings. The SMILES string of the molecule is CC(CNC(=O)c1ccoc1)CN1CCOCC1. The molecule has 1 aliphatic heterocycles. The van der Waals surface area contributed by atoms with Gasteiger partial charge in [-0.25, -0.2) is 0 Å². The Balaban J connectivity index is 1.68. The molecule has 2 heterocycles. The zero-order chi connectivity index (χ0) is 12.8. The van der Waals surface area contributed by atoms with Gasteiger partial charge < -0.3 is 14.5 Å². The summed E-state index contributed by atoms with van der Waals surface area (Å²) >= 11 is 0. The second-order valence-corrected chi connectivity index (χ2v) is 4.74. The van der Waals surface area contributed by atoms with E-state index in [-0.39, 0.29) is 5.91 Å². The van der Waals surface area contributed by atoms with Gasteiger partial charge in [-0.1, -0.05) is 6.92 Å². The monoisotopic (exact) mass is 252 g/mol. The van der Waals surface area contributed by atoms with Crippen molar-refractivity contribution in [2.75, 3.05) is 39.4 Å². The molecule has 0 spiro atoms. The van der Waals surface area contributed by atoms with Crippen LogP contribution in [0.2, 0.25) is 0 Å². The summed E-state index contributed by atoms with van der Waals surface area (Å²) in [5.74, 6) is 0.358. The number of nitrogens with zero attached hydrogens (tertiary/aromatic N) is 1. The minimum absolute atomic E-state index is 0.0717. The van der Waals surface area contributed by atoms with Gasteiger partial charge in [0.2, 0.25) is 0 Å². The molecule has 0 aromatic carbocycles. The van der Waals surface area contributed by atoms with Crippen molar-refractivity contribution in [2.45, 2.75) is 6.92 Å². The third-order valence-corrected chi connectivity index (χ3v) is 3.07. The first kappa shape index (κ1) is 13.1. The highest BCUT2D eigenvalue weighted by Crippen LogP contribution is 2.04. The Morgan fingerprint density at radius 1 is 1.50 bits per heavy atom. The molecule has 5 nitrogen and oxygen atoms in total. The number of nitrogens with one attached hydrogen (secondary N) is 1. The average molecular weight is 252 g/mol. The number of hydrogen-bond acceptors (Lipinski definition) is 4. The Kier molecular flexibility index (Phi) is 4.78. The van der Waals surface area contributed by atoms with E-state index in [2.05, 4.69) is 17.1 Å². The molecule has 1 atom stereocenters. The van der Waals surface area contributed by atoms with Gasteiger partial charge in [-0.05, 0) is 12.0 Å². The Bertz CT molecular complexity index is 358. The highest BCUT2D eigenvalue weighted by Gasteiger charge is 2.14. The highest BCUT2D eigenvalue weighted by molar-refractivity contribution is 5.93. The molecule has 1 unspecified atom stereocenters. The summed E-state index contributed by atoms with van der Waals surface area (Å²) < 4.78 is 10.2. The summed E-state index contributed by atoms with van der Waals surface area (Å²) in [5.41, 5.74) is 0.577. The first-order valence-corrected chi connectivity index (χ1v) is 6.36. The number of ether oxygens (including phenoxy) is 1. The van der Waals surface area contributed by atoms with Gasteiger partial charge in [-0.2, -0.15) is 0 Å². The number of morpholine rings is 1. The summed E-state index contributed by atoms with van der Waals surface area (Å²) in [4.78, 5) is 14.1. The number of carbonyl (C=O) groups excluding carboxylic acids is 1. The van der Waals surface area contributed by atoms with Gasteiger partial charge in [0.25, 0.3) is 5.91 Å². The highest BCUT2D eigenvalue weighted by atomic mass is 16.5. The van der Waals surface area contributed by atoms with Gasteiger partial charge in [-0.15, -0.1) is 0 Å². The molecular formula is C13H20N2O3. The molecule has 0 aliphatic carbocycles. The van der Waals surface area contributed by atoms with Gasteiger partial charge >= 0.3 is 0 Å². The lowest BCUT2D eigenvalue weighted by molar-refractivity contribution is 0.0317. The molecular weight excluding hydrogens is 232 g/mol. The van der Waals surface area contributed by atoms with Crippen molar-refractivity contribution < 1.29 is 13.9 Å². The molecule has 0 bridgehead atoms. The van der Waals surface area contributed by atoms with Crippen LogP contribution >= 0.6 is 0 Å². The van der Waals surface area contributed by atoms with Gasteiger partial charge in [0.1, 0.15) is 6.26 Å². The fourth-order valence-corrected chi connectivity index (χ4v) is 2.05. The van der Waals surface area contributed by atoms with Crippen LogP contribution in [-0.2, 0) is 4.74 Å². The van der Waals surface area contributed by atoms with Crippen LogP contribution in [0.4, 0.5) is 0 Å². The van der Waals surface area contributed by atoms with E-state index in [0.717, 1.165) is 32.8 Å². The second-order valence-electron chi connectivity index (χ2n) is 4.74. The molecule has 1 amide bonds. The lowest BCUT2D eigenvalue weighted by atomic mass is 10.1. The van der Waals surface area contributed by atoms with Crippen LogP contribution in [0.15, 0.2) is 23.0 Å². The van der Waals surface area contributed by atoms with Crippen LogP contribution in [0.5, 0.6) is 0 Å². The Morgan fingerprint density at radius 2 is 2.28 bits per heavy atom. The van der Waals surface area contributed by atoms with Gasteiger partial charge in [-0.3, -0.25) is 9.69 Å². The zero-order valence-corrected chi connectivity index (χ0v) is 10.7. The molecule has 100 valence electrons. The third-order valence-electron chi connectivity index (χ3n) is 3.07. The smallest absolute Gasteiger partial charge is 0.254 e. The maximum atomic E-state index is 11.7. The zero-order valence-electron chi connectivity index (χ0n) is 10.7. The van der Waals surface area contributed by atoms with E-state index in [0.29, 0.717) is 18.0 Å². The summed E-state index contributed by atoms with van der Waals surface area (Å²) in [6.07, 6.45) is 2.97. The van der Waals surface area contributed by atoms with Crippen LogP contribution < -0.4 is 5.32 Å². The molecule has 1 aliphatic rings. The van der Waals surface area contributed by atoms with Crippen LogP contribution in [-0.4, -0.2) is 50.2 Å². The van der Waals surface area contributed by atoms with Gasteiger partial charge in [0.15, 0.2) is 0 Å². The number of carbonyl (C=O) groups is 1. The molecule has 18 heavy (non-hydrogen) atoms. The van der Waals surface area contributed by atoms with Gasteiger partial charge in [0, 0.05) is 26.2 Å². The maximum absolute atomic E-state index is 11.7. The maximum Gasteiger partial charge on any atom is 0.254 e. The molecule has 0 radical (unpaired) electrons. The van der Waals surface area contributed by atoms with Crippen LogP contribution in [0.3, 0.4) is 0 Å².